The fourth-order valence-corrected chi connectivity index (χ4v) is 1.63. The van der Waals surface area contributed by atoms with Crippen LogP contribution in [-0.4, -0.2) is 37.9 Å². The molecule has 0 atom stereocenters. The van der Waals surface area contributed by atoms with Crippen molar-refractivity contribution in [1.29, 1.82) is 0 Å². The summed E-state index contributed by atoms with van der Waals surface area (Å²) in [4.78, 5) is 13.0. The Kier molecular flexibility index (Phi) is 5.45. The van der Waals surface area contributed by atoms with Gasteiger partial charge < -0.3 is 20.5 Å². The van der Waals surface area contributed by atoms with Gasteiger partial charge in [-0.05, 0) is 24.6 Å². The van der Waals surface area contributed by atoms with E-state index in [0.717, 1.165) is 13.0 Å². The molecule has 5 nitrogen and oxygen atoms in total. The van der Waals surface area contributed by atoms with Crippen LogP contribution in [0.25, 0.3) is 0 Å². The molecule has 5 heteroatoms. The van der Waals surface area contributed by atoms with Crippen molar-refractivity contribution >= 4 is 17.3 Å². The lowest BCUT2D eigenvalue weighted by molar-refractivity contribution is 0.0697. The fraction of sp³-hybridized carbons (Fsp3) is 0.462. The Morgan fingerprint density at radius 3 is 2.78 bits per heavy atom. The maximum Gasteiger partial charge on any atom is 0.337 e. The zero-order chi connectivity index (χ0) is 13.5. The molecule has 0 aliphatic carbocycles. The van der Waals surface area contributed by atoms with Gasteiger partial charge in [-0.25, -0.2) is 4.79 Å². The standard InChI is InChI=1S/C13H20N2O3/c1-3-7-18-8-6-15(2)12-5-4-10(14)9-11(12)13(16)17/h4-5,9H,3,6-8,14H2,1-2H3,(H,16,17). The molecule has 1 rings (SSSR count). The summed E-state index contributed by atoms with van der Waals surface area (Å²) in [6, 6.07) is 4.89. The van der Waals surface area contributed by atoms with Gasteiger partial charge in [-0.3, -0.25) is 0 Å². The largest absolute Gasteiger partial charge is 0.478 e. The molecule has 18 heavy (non-hydrogen) atoms. The van der Waals surface area contributed by atoms with E-state index in [0.29, 0.717) is 24.5 Å². The third-order valence-electron chi connectivity index (χ3n) is 2.58. The number of nitrogens with two attached hydrogens (primary N) is 1. The molecular formula is C13H20N2O3. The first-order valence-corrected chi connectivity index (χ1v) is 5.98. The third kappa shape index (κ3) is 3.92. The second-order valence-electron chi connectivity index (χ2n) is 4.12. The Morgan fingerprint density at radius 2 is 2.17 bits per heavy atom. The Hall–Kier alpha value is -1.75. The van der Waals surface area contributed by atoms with Crippen LogP contribution in [0.1, 0.15) is 23.7 Å². The van der Waals surface area contributed by atoms with Crippen molar-refractivity contribution in [3.05, 3.63) is 23.8 Å². The molecule has 0 saturated heterocycles. The highest BCUT2D eigenvalue weighted by atomic mass is 16.5. The lowest BCUT2D eigenvalue weighted by Crippen LogP contribution is -2.24. The van der Waals surface area contributed by atoms with Crippen LogP contribution in [0.2, 0.25) is 0 Å². The Balaban J connectivity index is 2.72. The first-order chi connectivity index (χ1) is 8.56. The Morgan fingerprint density at radius 1 is 1.44 bits per heavy atom. The van der Waals surface area contributed by atoms with Crippen LogP contribution in [0.4, 0.5) is 11.4 Å². The molecule has 0 bridgehead atoms. The van der Waals surface area contributed by atoms with Gasteiger partial charge >= 0.3 is 5.97 Å². The predicted molar refractivity (Wildman–Crippen MR) is 72.2 cm³/mol. The number of carbonyl (C=O) groups is 1. The fourth-order valence-electron chi connectivity index (χ4n) is 1.63. The minimum Gasteiger partial charge on any atom is -0.478 e. The molecule has 0 fully saturated rings. The van der Waals surface area contributed by atoms with E-state index in [-0.39, 0.29) is 5.56 Å². The van der Waals surface area contributed by atoms with E-state index in [4.69, 9.17) is 15.6 Å². The first-order valence-electron chi connectivity index (χ1n) is 5.98. The maximum absolute atomic E-state index is 11.1. The first kappa shape index (κ1) is 14.3. The van der Waals surface area contributed by atoms with E-state index >= 15 is 0 Å². The normalized spacial score (nSPS) is 10.3. The molecular weight excluding hydrogens is 232 g/mol. The SMILES string of the molecule is CCCOCCN(C)c1ccc(N)cc1C(=O)O. The predicted octanol–water partition coefficient (Wildman–Crippen LogP) is 1.83. The molecule has 0 heterocycles. The summed E-state index contributed by atoms with van der Waals surface area (Å²) in [5.74, 6) is -0.973. The summed E-state index contributed by atoms with van der Waals surface area (Å²) < 4.78 is 5.39. The quantitative estimate of drug-likeness (QED) is 0.572. The number of nitrogen functional groups attached to an aromatic ring is 1. The van der Waals surface area contributed by atoms with Crippen LogP contribution in [0.15, 0.2) is 18.2 Å². The number of likely N-dealkylation sites (N-methyl/N-ethyl adjacent to an activating group) is 1. The van der Waals surface area contributed by atoms with Gasteiger partial charge in [0.25, 0.3) is 0 Å². The van der Waals surface area contributed by atoms with Crippen LogP contribution in [0.5, 0.6) is 0 Å². The number of anilines is 2. The molecule has 0 saturated carbocycles. The smallest absolute Gasteiger partial charge is 0.337 e. The van der Waals surface area contributed by atoms with Gasteiger partial charge in [0.2, 0.25) is 0 Å². The molecule has 0 aromatic heterocycles. The number of hydrogen-bond acceptors (Lipinski definition) is 4. The zero-order valence-corrected chi connectivity index (χ0v) is 10.8. The van der Waals surface area contributed by atoms with E-state index in [1.165, 1.54) is 6.07 Å². The van der Waals surface area contributed by atoms with Crippen molar-refractivity contribution in [1.82, 2.24) is 0 Å². The van der Waals surface area contributed by atoms with Crippen molar-refractivity contribution in [2.45, 2.75) is 13.3 Å². The number of aromatic carboxylic acids is 1. The summed E-state index contributed by atoms with van der Waals surface area (Å²) in [5, 5.41) is 9.14. The minimum absolute atomic E-state index is 0.216. The molecule has 0 spiro atoms. The summed E-state index contributed by atoms with van der Waals surface area (Å²) >= 11 is 0. The van der Waals surface area contributed by atoms with Crippen LogP contribution in [-0.2, 0) is 4.74 Å². The van der Waals surface area contributed by atoms with Crippen molar-refractivity contribution < 1.29 is 14.6 Å². The number of hydrogen-bond donors (Lipinski definition) is 2. The van der Waals surface area contributed by atoms with Gasteiger partial charge in [-0.2, -0.15) is 0 Å². The van der Waals surface area contributed by atoms with Crippen molar-refractivity contribution in [3.63, 3.8) is 0 Å². The van der Waals surface area contributed by atoms with Crippen LogP contribution in [0, 0.1) is 0 Å². The summed E-state index contributed by atoms with van der Waals surface area (Å²) in [7, 11) is 1.84. The molecule has 3 N–H and O–H groups in total. The van der Waals surface area contributed by atoms with Crippen molar-refractivity contribution in [3.8, 4) is 0 Å². The second kappa shape index (κ2) is 6.86. The molecule has 0 aliphatic rings. The van der Waals surface area contributed by atoms with E-state index in [1.54, 1.807) is 12.1 Å². The summed E-state index contributed by atoms with van der Waals surface area (Å²) in [5.41, 5.74) is 6.91. The van der Waals surface area contributed by atoms with Gasteiger partial charge in [-0.1, -0.05) is 6.92 Å². The Bertz CT molecular complexity index is 407. The molecule has 0 aliphatic heterocycles. The van der Waals surface area contributed by atoms with Gasteiger partial charge in [0.15, 0.2) is 0 Å². The molecule has 0 amide bonds. The molecule has 0 unspecified atom stereocenters. The topological polar surface area (TPSA) is 75.8 Å². The number of ether oxygens (including phenoxy) is 1. The van der Waals surface area contributed by atoms with Crippen molar-refractivity contribution in [2.75, 3.05) is 37.4 Å². The summed E-state index contributed by atoms with van der Waals surface area (Å²) in [6.45, 7) is 3.99. The summed E-state index contributed by atoms with van der Waals surface area (Å²) in [6.07, 6.45) is 0.978. The molecule has 1 aromatic carbocycles. The third-order valence-corrected chi connectivity index (χ3v) is 2.58. The van der Waals surface area contributed by atoms with E-state index in [9.17, 15) is 4.79 Å². The maximum atomic E-state index is 11.1. The van der Waals surface area contributed by atoms with E-state index in [1.807, 2.05) is 18.9 Å². The lowest BCUT2D eigenvalue weighted by atomic mass is 10.1. The van der Waals surface area contributed by atoms with E-state index < -0.39 is 5.97 Å². The highest BCUT2D eigenvalue weighted by Crippen LogP contribution is 2.22. The van der Waals surface area contributed by atoms with Gasteiger partial charge in [0.05, 0.1) is 17.9 Å². The second-order valence-corrected chi connectivity index (χ2v) is 4.12. The average molecular weight is 252 g/mol. The molecule has 100 valence electrons. The van der Waals surface area contributed by atoms with Crippen LogP contribution < -0.4 is 10.6 Å². The minimum atomic E-state index is -0.973. The van der Waals surface area contributed by atoms with Crippen molar-refractivity contribution in [2.24, 2.45) is 0 Å². The number of benzene rings is 1. The van der Waals surface area contributed by atoms with Crippen LogP contribution >= 0.6 is 0 Å². The van der Waals surface area contributed by atoms with Gasteiger partial charge in [0.1, 0.15) is 0 Å². The van der Waals surface area contributed by atoms with E-state index in [2.05, 4.69) is 0 Å². The lowest BCUT2D eigenvalue weighted by Gasteiger charge is -2.21. The van der Waals surface area contributed by atoms with Gasteiger partial charge in [-0.15, -0.1) is 0 Å². The Labute approximate surface area is 107 Å². The van der Waals surface area contributed by atoms with Gasteiger partial charge in [0, 0.05) is 25.9 Å². The zero-order valence-electron chi connectivity index (χ0n) is 10.8. The monoisotopic (exact) mass is 252 g/mol. The average Bonchev–Trinajstić information content (AvgIpc) is 2.34. The number of carboxylic acids is 1. The highest BCUT2D eigenvalue weighted by Gasteiger charge is 2.13. The number of nitrogens with zero attached hydrogens (tertiary/aromatic N) is 1. The molecule has 1 aromatic rings. The number of rotatable bonds is 7. The number of carboxylic acid groups (broad SMARTS) is 1. The highest BCUT2D eigenvalue weighted by molar-refractivity contribution is 5.95. The van der Waals surface area contributed by atoms with Crippen LogP contribution in [0.3, 0.4) is 0 Å². The molecule has 0 radical (unpaired) electrons.